The Kier molecular flexibility index (Phi) is 5.70. The van der Waals surface area contributed by atoms with Crippen molar-refractivity contribution < 1.29 is 9.13 Å². The van der Waals surface area contributed by atoms with Gasteiger partial charge in [-0.1, -0.05) is 18.2 Å². The lowest BCUT2D eigenvalue weighted by Crippen LogP contribution is -2.20. The summed E-state index contributed by atoms with van der Waals surface area (Å²) in [6, 6.07) is 12.4. The third-order valence-corrected chi connectivity index (χ3v) is 4.50. The molecule has 3 rings (SSSR count). The normalized spacial score (nSPS) is 14.9. The molecule has 0 aromatic heterocycles. The van der Waals surface area contributed by atoms with Crippen LogP contribution in [0.25, 0.3) is 0 Å². The van der Waals surface area contributed by atoms with E-state index >= 15 is 0 Å². The van der Waals surface area contributed by atoms with E-state index in [-0.39, 0.29) is 5.82 Å². The summed E-state index contributed by atoms with van der Waals surface area (Å²) < 4.78 is 18.9. The third kappa shape index (κ3) is 4.71. The van der Waals surface area contributed by atoms with Crippen LogP contribution >= 0.6 is 0 Å². The minimum Gasteiger partial charge on any atom is -0.487 e. The highest BCUT2D eigenvalue weighted by atomic mass is 19.1. The van der Waals surface area contributed by atoms with E-state index in [2.05, 4.69) is 11.0 Å². The summed E-state index contributed by atoms with van der Waals surface area (Å²) in [6.07, 6.45) is 4.86. The number of anilines is 1. The van der Waals surface area contributed by atoms with Crippen molar-refractivity contribution in [3.63, 3.8) is 0 Å². The molecule has 1 aliphatic heterocycles. The van der Waals surface area contributed by atoms with Gasteiger partial charge < -0.3 is 15.4 Å². The van der Waals surface area contributed by atoms with Gasteiger partial charge in [0.05, 0.1) is 5.69 Å². The van der Waals surface area contributed by atoms with Gasteiger partial charge >= 0.3 is 0 Å². The predicted octanol–water partition coefficient (Wildman–Crippen LogP) is 4.02. The highest BCUT2D eigenvalue weighted by molar-refractivity contribution is 5.54. The summed E-state index contributed by atoms with van der Waals surface area (Å²) in [4.78, 5) is 2.53. The average molecular weight is 328 g/mol. The minimum atomic E-state index is -0.252. The zero-order valence-corrected chi connectivity index (χ0v) is 14.0. The van der Waals surface area contributed by atoms with Gasteiger partial charge in [0.2, 0.25) is 0 Å². The Labute approximate surface area is 143 Å². The number of ether oxygens (including phenoxy) is 1. The maximum Gasteiger partial charge on any atom is 0.142 e. The summed E-state index contributed by atoms with van der Waals surface area (Å²) in [6.45, 7) is 3.97. The van der Waals surface area contributed by atoms with Crippen molar-refractivity contribution in [2.75, 3.05) is 25.4 Å². The van der Waals surface area contributed by atoms with E-state index in [0.717, 1.165) is 24.9 Å². The third-order valence-electron chi connectivity index (χ3n) is 4.50. The van der Waals surface area contributed by atoms with Gasteiger partial charge in [0, 0.05) is 0 Å². The summed E-state index contributed by atoms with van der Waals surface area (Å²) >= 11 is 0. The highest BCUT2D eigenvalue weighted by Gasteiger charge is 2.10. The van der Waals surface area contributed by atoms with E-state index in [1.165, 1.54) is 43.6 Å². The van der Waals surface area contributed by atoms with E-state index in [4.69, 9.17) is 10.5 Å². The number of hydrogen-bond acceptors (Lipinski definition) is 3. The van der Waals surface area contributed by atoms with Gasteiger partial charge in [-0.25, -0.2) is 4.39 Å². The largest absolute Gasteiger partial charge is 0.487 e. The van der Waals surface area contributed by atoms with Crippen LogP contribution in [-0.2, 0) is 13.0 Å². The topological polar surface area (TPSA) is 38.5 Å². The van der Waals surface area contributed by atoms with Crippen molar-refractivity contribution in [3.05, 3.63) is 59.4 Å². The molecule has 1 fully saturated rings. The lowest BCUT2D eigenvalue weighted by molar-refractivity contribution is 0.307. The maximum atomic E-state index is 13.2. The van der Waals surface area contributed by atoms with Crippen LogP contribution in [0.2, 0.25) is 0 Å². The Morgan fingerprint density at radius 3 is 2.62 bits per heavy atom. The molecule has 4 heteroatoms. The van der Waals surface area contributed by atoms with Gasteiger partial charge in [0.15, 0.2) is 0 Å². The molecule has 2 aromatic carbocycles. The van der Waals surface area contributed by atoms with Crippen LogP contribution in [0.4, 0.5) is 10.1 Å². The number of hydrogen-bond donors (Lipinski definition) is 1. The lowest BCUT2D eigenvalue weighted by atomic mass is 10.1. The first-order valence-corrected chi connectivity index (χ1v) is 8.69. The molecule has 2 aromatic rings. The zero-order valence-electron chi connectivity index (χ0n) is 14.0. The van der Waals surface area contributed by atoms with E-state index in [1.54, 1.807) is 6.07 Å². The SMILES string of the molecule is Nc1cc(CCCN2CCCC2)ccc1OCc1cccc(F)c1. The summed E-state index contributed by atoms with van der Waals surface area (Å²) in [5.74, 6) is 0.403. The molecule has 1 saturated heterocycles. The standard InChI is InChI=1S/C20H25FN2O/c21-18-7-3-5-17(13-18)15-24-20-9-8-16(14-19(20)22)6-4-12-23-10-1-2-11-23/h3,5,7-9,13-14H,1-2,4,6,10-12,15,22H2. The molecule has 0 saturated carbocycles. The molecule has 128 valence electrons. The van der Waals surface area contributed by atoms with E-state index in [0.29, 0.717) is 18.0 Å². The molecule has 0 atom stereocenters. The number of aryl methyl sites for hydroxylation is 1. The predicted molar refractivity (Wildman–Crippen MR) is 95.6 cm³/mol. The number of rotatable bonds is 7. The Hall–Kier alpha value is -2.07. The zero-order chi connectivity index (χ0) is 16.8. The molecular weight excluding hydrogens is 303 g/mol. The van der Waals surface area contributed by atoms with E-state index in [9.17, 15) is 4.39 Å². The number of likely N-dealkylation sites (tertiary alicyclic amines) is 1. The molecule has 0 radical (unpaired) electrons. The summed E-state index contributed by atoms with van der Waals surface area (Å²) in [5.41, 5.74) is 8.78. The number of benzene rings is 2. The Morgan fingerprint density at radius 2 is 1.88 bits per heavy atom. The fourth-order valence-corrected chi connectivity index (χ4v) is 3.19. The van der Waals surface area contributed by atoms with Gasteiger partial charge in [-0.3, -0.25) is 0 Å². The first-order chi connectivity index (χ1) is 11.7. The van der Waals surface area contributed by atoms with Crippen LogP contribution < -0.4 is 10.5 Å². The molecule has 3 nitrogen and oxygen atoms in total. The van der Waals surface area contributed by atoms with Gasteiger partial charge in [0.25, 0.3) is 0 Å². The Bertz CT molecular complexity index is 668. The van der Waals surface area contributed by atoms with Crippen molar-refractivity contribution in [3.8, 4) is 5.75 Å². The average Bonchev–Trinajstić information content (AvgIpc) is 3.07. The van der Waals surface area contributed by atoms with Gasteiger partial charge in [-0.2, -0.15) is 0 Å². The molecule has 0 spiro atoms. The van der Waals surface area contributed by atoms with Crippen LogP contribution in [0, 0.1) is 5.82 Å². The molecular formula is C20H25FN2O. The second kappa shape index (κ2) is 8.15. The van der Waals surface area contributed by atoms with Crippen molar-refractivity contribution >= 4 is 5.69 Å². The second-order valence-corrected chi connectivity index (χ2v) is 6.44. The van der Waals surface area contributed by atoms with Crippen molar-refractivity contribution in [1.82, 2.24) is 4.90 Å². The molecule has 1 heterocycles. The smallest absolute Gasteiger partial charge is 0.142 e. The van der Waals surface area contributed by atoms with Crippen LogP contribution in [0.15, 0.2) is 42.5 Å². The van der Waals surface area contributed by atoms with E-state index in [1.807, 2.05) is 18.2 Å². The monoisotopic (exact) mass is 328 g/mol. The number of nitrogens with zero attached hydrogens (tertiary/aromatic N) is 1. The van der Waals surface area contributed by atoms with Crippen molar-refractivity contribution in [2.45, 2.75) is 32.3 Å². The fraction of sp³-hybridized carbons (Fsp3) is 0.400. The number of nitrogen functional groups attached to an aromatic ring is 1. The van der Waals surface area contributed by atoms with Crippen molar-refractivity contribution in [2.24, 2.45) is 0 Å². The van der Waals surface area contributed by atoms with Crippen LogP contribution in [0.5, 0.6) is 5.75 Å². The first kappa shape index (κ1) is 16.8. The van der Waals surface area contributed by atoms with Gasteiger partial charge in [0.1, 0.15) is 18.2 Å². The summed E-state index contributed by atoms with van der Waals surface area (Å²) in [5, 5.41) is 0. The van der Waals surface area contributed by atoms with Crippen LogP contribution in [-0.4, -0.2) is 24.5 Å². The molecule has 24 heavy (non-hydrogen) atoms. The number of nitrogens with two attached hydrogens (primary N) is 1. The molecule has 0 bridgehead atoms. The highest BCUT2D eigenvalue weighted by Crippen LogP contribution is 2.24. The first-order valence-electron chi connectivity index (χ1n) is 8.69. The Balaban J connectivity index is 1.50. The quantitative estimate of drug-likeness (QED) is 0.780. The lowest BCUT2D eigenvalue weighted by Gasteiger charge is -2.14. The van der Waals surface area contributed by atoms with Crippen LogP contribution in [0.1, 0.15) is 30.4 Å². The van der Waals surface area contributed by atoms with Gasteiger partial charge in [-0.05, 0) is 80.7 Å². The van der Waals surface area contributed by atoms with Crippen LogP contribution in [0.3, 0.4) is 0 Å². The summed E-state index contributed by atoms with van der Waals surface area (Å²) in [7, 11) is 0. The second-order valence-electron chi connectivity index (χ2n) is 6.44. The van der Waals surface area contributed by atoms with E-state index < -0.39 is 0 Å². The maximum absolute atomic E-state index is 13.2. The molecule has 0 aliphatic carbocycles. The molecule has 2 N–H and O–H groups in total. The fourth-order valence-electron chi connectivity index (χ4n) is 3.19. The minimum absolute atomic E-state index is 0.252. The molecule has 1 aliphatic rings. The van der Waals surface area contributed by atoms with Gasteiger partial charge in [-0.15, -0.1) is 0 Å². The molecule has 0 unspecified atom stereocenters. The number of halogens is 1. The molecule has 0 amide bonds. The Morgan fingerprint density at radius 1 is 1.04 bits per heavy atom. The van der Waals surface area contributed by atoms with Crippen molar-refractivity contribution in [1.29, 1.82) is 0 Å².